The van der Waals surface area contributed by atoms with E-state index in [4.69, 9.17) is 47.6 Å². The minimum Gasteiger partial charge on any atom is -0.481 e. The monoisotopic (exact) mass is 1240 g/mol. The summed E-state index contributed by atoms with van der Waals surface area (Å²) >= 11 is 15.4. The number of ether oxygens (including phenoxy) is 3. The van der Waals surface area contributed by atoms with Crippen molar-refractivity contribution >= 4 is 69.9 Å². The maximum Gasteiger partial charge on any atom is 0.410 e. The number of likely N-dealkylation sites (tertiary alicyclic amines) is 2. The van der Waals surface area contributed by atoms with Crippen molar-refractivity contribution in [2.75, 3.05) is 40.0 Å². The van der Waals surface area contributed by atoms with Gasteiger partial charge < -0.3 is 19.3 Å². The number of nitrogens with one attached hydrogen (secondary N) is 1. The average Bonchev–Trinajstić information content (AvgIpc) is 1.84. The number of benzene rings is 4. The molecule has 4 aliphatic rings. The Hall–Kier alpha value is -7.08. The largest absolute Gasteiger partial charge is 0.481 e. The van der Waals surface area contributed by atoms with E-state index in [0.717, 1.165) is 75.6 Å². The molecule has 12 rings (SSSR count). The zero-order valence-electron chi connectivity index (χ0n) is 49.5. The van der Waals surface area contributed by atoms with Gasteiger partial charge in [0.2, 0.25) is 0 Å². The number of aromatic amines is 1. The van der Waals surface area contributed by atoms with E-state index < -0.39 is 16.8 Å². The Labute approximate surface area is 521 Å². The molecule has 18 heteroatoms. The number of halogens is 2. The summed E-state index contributed by atoms with van der Waals surface area (Å²) in [5.41, 5.74) is 11.9. The van der Waals surface area contributed by atoms with Gasteiger partial charge >= 0.3 is 18.2 Å². The molecule has 8 aromatic rings. The fourth-order valence-corrected chi connectivity index (χ4v) is 14.1. The van der Waals surface area contributed by atoms with Crippen molar-refractivity contribution in [2.24, 2.45) is 10.8 Å². The van der Waals surface area contributed by atoms with Crippen LogP contribution < -0.4 is 0 Å². The zero-order chi connectivity index (χ0) is 60.7. The highest BCUT2D eigenvalue weighted by atomic mass is 35.5. The summed E-state index contributed by atoms with van der Waals surface area (Å²) in [6.07, 6.45) is 6.66. The van der Waals surface area contributed by atoms with Crippen LogP contribution in [0.1, 0.15) is 150 Å². The maximum absolute atomic E-state index is 13.7. The fourth-order valence-electron chi connectivity index (χ4n) is 11.9. The summed E-state index contributed by atoms with van der Waals surface area (Å²) in [5.74, 6) is -0.796. The molecule has 450 valence electrons. The molecule has 86 heavy (non-hydrogen) atoms. The molecule has 0 radical (unpaired) electrons. The molecular formula is C68H74Cl2N6O8S2. The maximum atomic E-state index is 13.7. The van der Waals surface area contributed by atoms with Crippen molar-refractivity contribution in [1.29, 1.82) is 0 Å². The molecule has 0 bridgehead atoms. The van der Waals surface area contributed by atoms with Gasteiger partial charge in [0, 0.05) is 53.2 Å². The highest BCUT2D eigenvalue weighted by Crippen LogP contribution is 2.47. The second-order valence-corrected chi connectivity index (χ2v) is 27.3. The van der Waals surface area contributed by atoms with Gasteiger partial charge in [-0.3, -0.25) is 24.5 Å². The normalized spacial score (nSPS) is 16.1. The van der Waals surface area contributed by atoms with Crippen LogP contribution in [-0.2, 0) is 44.7 Å². The number of carbonyl (C=O) groups excluding carboxylic acids is 3. The van der Waals surface area contributed by atoms with Crippen LogP contribution in [0.3, 0.4) is 0 Å². The van der Waals surface area contributed by atoms with Crippen molar-refractivity contribution in [2.45, 2.75) is 116 Å². The minimum atomic E-state index is -0.763. The number of aryl methyl sites for hydroxylation is 4. The van der Waals surface area contributed by atoms with Crippen LogP contribution in [0.2, 0.25) is 8.67 Å². The first-order valence-corrected chi connectivity index (χ1v) is 31.9. The number of thiophene rings is 2. The Morgan fingerprint density at radius 2 is 1.07 bits per heavy atom. The molecule has 0 spiro atoms. The highest BCUT2D eigenvalue weighted by Gasteiger charge is 2.39. The average molecular weight is 1240 g/mol. The van der Waals surface area contributed by atoms with Crippen molar-refractivity contribution < 1.29 is 38.5 Å². The predicted octanol–water partition coefficient (Wildman–Crippen LogP) is 16.3. The lowest BCUT2D eigenvalue weighted by Crippen LogP contribution is -2.36. The van der Waals surface area contributed by atoms with Gasteiger partial charge in [-0.2, -0.15) is 10.2 Å². The van der Waals surface area contributed by atoms with E-state index in [2.05, 4.69) is 95.1 Å². The number of amides is 2. The van der Waals surface area contributed by atoms with Crippen molar-refractivity contribution in [3.63, 3.8) is 0 Å². The molecule has 2 unspecified atom stereocenters. The molecule has 4 aromatic carbocycles. The van der Waals surface area contributed by atoms with E-state index in [1.807, 2.05) is 74.2 Å². The van der Waals surface area contributed by atoms with Crippen LogP contribution in [-0.4, -0.2) is 99.0 Å². The minimum absolute atomic E-state index is 0.00499. The van der Waals surface area contributed by atoms with Crippen molar-refractivity contribution in [3.8, 4) is 22.3 Å². The SMILES string of the molecule is CCC(C)(C)C(=O)O.COCC(C)(C)C(=O)n1nc(C2CCCN2C(=O)OCC2c3ccccc3-c3ccccc32)cc1CCc1ccc(Cl)s1.O=C(OCC1c2ccccc2-c2ccccc21)N1CCCC1c1cc(CCc2ccc(Cl)s2)[nH]n1. The second-order valence-electron chi connectivity index (χ2n) is 23.7. The number of hydrogen-bond donors (Lipinski definition) is 2. The van der Waals surface area contributed by atoms with Crippen LogP contribution in [0.5, 0.6) is 0 Å². The van der Waals surface area contributed by atoms with Gasteiger partial charge in [0.25, 0.3) is 5.91 Å². The third kappa shape index (κ3) is 13.8. The van der Waals surface area contributed by atoms with Crippen LogP contribution in [0.15, 0.2) is 133 Å². The molecule has 2 fully saturated rings. The van der Waals surface area contributed by atoms with E-state index in [-0.39, 0.29) is 55.2 Å². The summed E-state index contributed by atoms with van der Waals surface area (Å²) in [6.45, 7) is 11.2. The summed E-state index contributed by atoms with van der Waals surface area (Å²) in [6, 6.07) is 45.1. The van der Waals surface area contributed by atoms with Crippen molar-refractivity contribution in [1.82, 2.24) is 29.8 Å². The molecule has 2 atom stereocenters. The lowest BCUT2D eigenvalue weighted by molar-refractivity contribution is -0.147. The van der Waals surface area contributed by atoms with Crippen molar-refractivity contribution in [3.05, 3.63) is 197 Å². The number of methoxy groups -OCH3 is 1. The Balaban J connectivity index is 0.000000172. The van der Waals surface area contributed by atoms with Gasteiger partial charge in [-0.1, -0.05) is 127 Å². The standard InChI is InChI=1S/C34H36ClN3O4S.C28H26ClN3O2S.C6H12O2/c1-34(2,21-41-3)32(39)38-22(14-15-23-16-17-31(35)43-23)19-29(36-38)30-13-8-18-37(30)33(40)42-20-28-26-11-6-4-9-24(26)25-10-5-7-12-27(25)28;29-27-14-13-19(35-27)12-11-18-16-25(31-30-18)26-10-5-15-32(26)28(33)34-17-24-22-8-3-1-6-20(22)21-7-2-4-9-23(21)24;1-4-6(2,3)5(7)8/h4-7,9-12,16-17,19,28,30H,8,13-15,18,20-21H2,1-3H3;1-4,6-9,13-14,16,24,26H,5,10-12,15,17H2,(H,30,31);4H2,1-3H3,(H,7,8). The molecule has 2 amide bonds. The number of carbonyl (C=O) groups is 4. The Morgan fingerprint density at radius 1 is 0.616 bits per heavy atom. The number of carboxylic acids is 1. The quantitative estimate of drug-likeness (QED) is 0.0895. The van der Waals surface area contributed by atoms with E-state index >= 15 is 0 Å². The third-order valence-electron chi connectivity index (χ3n) is 17.0. The lowest BCUT2D eigenvalue weighted by atomic mass is 9.91. The van der Waals surface area contributed by atoms with Gasteiger partial charge in [0.05, 0.1) is 49.6 Å². The van der Waals surface area contributed by atoms with Gasteiger partial charge in [0.15, 0.2) is 0 Å². The Kier molecular flexibility index (Phi) is 19.7. The summed E-state index contributed by atoms with van der Waals surface area (Å²) in [4.78, 5) is 56.7. The Morgan fingerprint density at radius 3 is 1.49 bits per heavy atom. The number of aliphatic carboxylic acids is 1. The van der Waals surface area contributed by atoms with Gasteiger partial charge in [0.1, 0.15) is 13.2 Å². The zero-order valence-corrected chi connectivity index (χ0v) is 52.7. The number of H-pyrrole nitrogens is 1. The highest BCUT2D eigenvalue weighted by molar-refractivity contribution is 7.16. The molecule has 4 aromatic heterocycles. The number of hydrogen-bond acceptors (Lipinski definition) is 11. The van der Waals surface area contributed by atoms with Gasteiger partial charge in [-0.15, -0.1) is 22.7 Å². The van der Waals surface area contributed by atoms with E-state index in [9.17, 15) is 19.2 Å². The van der Waals surface area contributed by atoms with Crippen LogP contribution >= 0.6 is 45.9 Å². The summed E-state index contributed by atoms with van der Waals surface area (Å²) in [5, 5.41) is 21.0. The molecule has 6 heterocycles. The van der Waals surface area contributed by atoms with Crippen LogP contribution in [0.4, 0.5) is 9.59 Å². The molecule has 14 nitrogen and oxygen atoms in total. The van der Waals surface area contributed by atoms with Gasteiger partial charge in [-0.05, 0) is 166 Å². The second kappa shape index (κ2) is 27.3. The molecule has 2 saturated heterocycles. The fraction of sp³-hybridized carbons (Fsp3) is 0.382. The van der Waals surface area contributed by atoms with E-state index in [0.29, 0.717) is 38.2 Å². The molecule has 2 aliphatic heterocycles. The number of carboxylic acid groups (broad SMARTS) is 1. The smallest absolute Gasteiger partial charge is 0.410 e. The first-order chi connectivity index (χ1) is 41.4. The third-order valence-corrected chi connectivity index (χ3v) is 19.6. The predicted molar refractivity (Wildman–Crippen MR) is 340 cm³/mol. The number of rotatable bonds is 17. The Bertz CT molecular complexity index is 3610. The van der Waals surface area contributed by atoms with E-state index in [1.165, 1.54) is 54.1 Å². The molecular weight excluding hydrogens is 1160 g/mol. The first-order valence-electron chi connectivity index (χ1n) is 29.6. The number of nitrogens with zero attached hydrogens (tertiary/aromatic N) is 5. The van der Waals surface area contributed by atoms with Crippen LogP contribution in [0.25, 0.3) is 22.3 Å². The molecule has 2 N–H and O–H groups in total. The lowest BCUT2D eigenvalue weighted by Gasteiger charge is -2.24. The summed E-state index contributed by atoms with van der Waals surface area (Å²) < 4.78 is 20.4. The molecule has 2 aliphatic carbocycles. The number of aromatic nitrogens is 4. The molecule has 0 saturated carbocycles. The van der Waals surface area contributed by atoms with E-state index in [1.54, 1.807) is 48.5 Å². The van der Waals surface area contributed by atoms with Gasteiger partial charge in [-0.25, -0.2) is 14.3 Å². The first kappa shape index (κ1) is 62.0. The summed E-state index contributed by atoms with van der Waals surface area (Å²) in [7, 11) is 1.59. The van der Waals surface area contributed by atoms with Crippen LogP contribution in [0, 0.1) is 10.8 Å². The topological polar surface area (TPSA) is 169 Å². The number of fused-ring (bicyclic) bond motifs is 6.